The Labute approximate surface area is 126 Å². The van der Waals surface area contributed by atoms with Gasteiger partial charge in [0, 0.05) is 41.8 Å². The van der Waals surface area contributed by atoms with Crippen LogP contribution in [-0.2, 0) is 0 Å². The van der Waals surface area contributed by atoms with Crippen LogP contribution in [0.3, 0.4) is 0 Å². The van der Waals surface area contributed by atoms with E-state index in [9.17, 15) is 0 Å². The second-order valence-corrected chi connectivity index (χ2v) is 5.68. The largest absolute Gasteiger partial charge is 0.351 e. The summed E-state index contributed by atoms with van der Waals surface area (Å²) in [4.78, 5) is 7.55. The molecule has 21 heavy (non-hydrogen) atoms. The number of nitrogens with one attached hydrogen (secondary N) is 1. The Kier molecular flexibility index (Phi) is 4.09. The van der Waals surface area contributed by atoms with Gasteiger partial charge in [-0.15, -0.1) is 0 Å². The van der Waals surface area contributed by atoms with Crippen molar-refractivity contribution in [2.24, 2.45) is 0 Å². The highest BCUT2D eigenvalue weighted by Gasteiger charge is 2.11. The van der Waals surface area contributed by atoms with Crippen molar-refractivity contribution in [3.05, 3.63) is 43.0 Å². The Bertz CT molecular complexity index is 702. The zero-order chi connectivity index (χ0) is 14.7. The van der Waals surface area contributed by atoms with E-state index in [4.69, 9.17) is 0 Å². The van der Waals surface area contributed by atoms with Crippen LogP contribution in [0, 0.1) is 0 Å². The van der Waals surface area contributed by atoms with Crippen LogP contribution in [0.1, 0.15) is 45.6 Å². The summed E-state index contributed by atoms with van der Waals surface area (Å²) in [5.74, 6) is 0. The second kappa shape index (κ2) is 6.17. The molecule has 0 fully saturated rings. The van der Waals surface area contributed by atoms with E-state index in [0.717, 1.165) is 5.65 Å². The number of aromatic nitrogens is 3. The Hall–Kier alpha value is -2.03. The van der Waals surface area contributed by atoms with E-state index in [1.54, 1.807) is 0 Å². The molecule has 0 aromatic carbocycles. The van der Waals surface area contributed by atoms with Crippen LogP contribution in [0.25, 0.3) is 22.2 Å². The third kappa shape index (κ3) is 2.73. The third-order valence-corrected chi connectivity index (χ3v) is 4.15. The summed E-state index contributed by atoms with van der Waals surface area (Å²) in [6, 6.07) is 7.05. The molecule has 3 aromatic rings. The maximum absolute atomic E-state index is 4.37. The Morgan fingerprint density at radius 1 is 1.14 bits per heavy atom. The minimum atomic E-state index is 0.623. The highest BCUT2D eigenvalue weighted by atomic mass is 15.0. The first-order valence-electron chi connectivity index (χ1n) is 7.93. The van der Waals surface area contributed by atoms with Gasteiger partial charge < -0.3 is 9.55 Å². The van der Waals surface area contributed by atoms with E-state index in [2.05, 4.69) is 59.0 Å². The summed E-state index contributed by atoms with van der Waals surface area (Å²) < 4.78 is 2.39. The Balaban J connectivity index is 1.95. The molecule has 0 saturated carbocycles. The third-order valence-electron chi connectivity index (χ3n) is 4.15. The normalized spacial score (nSPS) is 11.6. The number of hydrogen-bond acceptors (Lipinski definition) is 1. The predicted octanol–water partition coefficient (Wildman–Crippen LogP) is 5.17. The number of pyridine rings is 1. The van der Waals surface area contributed by atoms with Gasteiger partial charge in [0.25, 0.3) is 0 Å². The molecule has 0 aliphatic heterocycles. The van der Waals surface area contributed by atoms with Gasteiger partial charge in [0.05, 0.1) is 0 Å². The number of nitrogens with zero attached hydrogens (tertiary/aromatic N) is 2. The highest BCUT2D eigenvalue weighted by Crippen LogP contribution is 2.29. The number of H-pyrrole nitrogens is 1. The summed E-state index contributed by atoms with van der Waals surface area (Å²) >= 11 is 0. The summed E-state index contributed by atoms with van der Waals surface area (Å²) in [5.41, 5.74) is 3.49. The van der Waals surface area contributed by atoms with Crippen molar-refractivity contribution < 1.29 is 0 Å². The van der Waals surface area contributed by atoms with Gasteiger partial charge in [0.2, 0.25) is 0 Å². The molecule has 0 aliphatic carbocycles. The van der Waals surface area contributed by atoms with E-state index < -0.39 is 0 Å². The average molecular weight is 281 g/mol. The van der Waals surface area contributed by atoms with Crippen LogP contribution in [0.15, 0.2) is 43.0 Å². The molecule has 0 spiro atoms. The molecule has 0 unspecified atom stereocenters. The molecule has 0 saturated heterocycles. The Morgan fingerprint density at radius 3 is 2.71 bits per heavy atom. The molecule has 0 atom stereocenters. The molecular weight excluding hydrogens is 258 g/mol. The number of fused-ring (bicyclic) bond motifs is 1. The first-order valence-corrected chi connectivity index (χ1v) is 7.93. The lowest BCUT2D eigenvalue weighted by atomic mass is 10.1. The molecule has 3 rings (SSSR count). The maximum atomic E-state index is 4.37. The first kappa shape index (κ1) is 13.9. The fraction of sp³-hybridized carbons (Fsp3) is 0.389. The lowest BCUT2D eigenvalue weighted by molar-refractivity contribution is 0.428. The number of hydrogen-bond donors (Lipinski definition) is 1. The van der Waals surface area contributed by atoms with Crippen molar-refractivity contribution in [2.45, 2.75) is 45.6 Å². The zero-order valence-electron chi connectivity index (χ0n) is 12.8. The van der Waals surface area contributed by atoms with Crippen molar-refractivity contribution in [2.75, 3.05) is 0 Å². The summed E-state index contributed by atoms with van der Waals surface area (Å²) in [6.07, 6.45) is 13.3. The number of aromatic amines is 1. The molecule has 3 nitrogen and oxygen atoms in total. The second-order valence-electron chi connectivity index (χ2n) is 5.68. The van der Waals surface area contributed by atoms with Gasteiger partial charge >= 0.3 is 0 Å². The lowest BCUT2D eigenvalue weighted by Crippen LogP contribution is -2.06. The molecule has 0 amide bonds. The molecule has 110 valence electrons. The van der Waals surface area contributed by atoms with Crippen LogP contribution in [0.2, 0.25) is 0 Å². The number of rotatable bonds is 6. The van der Waals surface area contributed by atoms with E-state index in [1.807, 2.05) is 12.4 Å². The fourth-order valence-electron chi connectivity index (χ4n) is 3.12. The van der Waals surface area contributed by atoms with Crippen LogP contribution >= 0.6 is 0 Å². The van der Waals surface area contributed by atoms with Crippen LogP contribution < -0.4 is 0 Å². The highest BCUT2D eigenvalue weighted by molar-refractivity contribution is 5.92. The van der Waals surface area contributed by atoms with Crippen molar-refractivity contribution in [1.29, 1.82) is 0 Å². The quantitative estimate of drug-likeness (QED) is 0.664. The molecular formula is C18H23N3. The average Bonchev–Trinajstić information content (AvgIpc) is 3.15. The van der Waals surface area contributed by atoms with E-state index in [0.29, 0.717) is 6.04 Å². The fourth-order valence-corrected chi connectivity index (χ4v) is 3.12. The molecule has 3 aromatic heterocycles. The summed E-state index contributed by atoms with van der Waals surface area (Å²) in [5, 5.41) is 1.19. The van der Waals surface area contributed by atoms with Crippen molar-refractivity contribution in [3.63, 3.8) is 0 Å². The monoisotopic (exact) mass is 281 g/mol. The van der Waals surface area contributed by atoms with Crippen molar-refractivity contribution in [1.82, 2.24) is 14.5 Å². The van der Waals surface area contributed by atoms with Crippen molar-refractivity contribution in [3.8, 4) is 11.1 Å². The van der Waals surface area contributed by atoms with Crippen LogP contribution in [0.4, 0.5) is 0 Å². The molecule has 0 bridgehead atoms. The molecule has 0 radical (unpaired) electrons. The predicted molar refractivity (Wildman–Crippen MR) is 88.4 cm³/mol. The van der Waals surface area contributed by atoms with Crippen LogP contribution in [-0.4, -0.2) is 14.5 Å². The summed E-state index contributed by atoms with van der Waals surface area (Å²) in [6.45, 7) is 4.53. The first-order chi connectivity index (χ1) is 10.3. The van der Waals surface area contributed by atoms with E-state index >= 15 is 0 Å². The molecule has 0 aliphatic rings. The van der Waals surface area contributed by atoms with Gasteiger partial charge in [-0.25, -0.2) is 4.98 Å². The standard InChI is InChI=1S/C18H23N3/c1-3-5-15(6-4-2)21-12-9-14(13-21)16-7-10-19-18-17(16)8-11-20-18/h7-13,15H,3-6H2,1-2H3,(H,19,20). The van der Waals surface area contributed by atoms with Crippen LogP contribution in [0.5, 0.6) is 0 Å². The molecule has 3 heterocycles. The minimum absolute atomic E-state index is 0.623. The zero-order valence-corrected chi connectivity index (χ0v) is 12.8. The van der Waals surface area contributed by atoms with Gasteiger partial charge in [0.15, 0.2) is 0 Å². The van der Waals surface area contributed by atoms with Gasteiger partial charge in [-0.2, -0.15) is 0 Å². The minimum Gasteiger partial charge on any atom is -0.351 e. The molecule has 1 N–H and O–H groups in total. The Morgan fingerprint density at radius 2 is 1.95 bits per heavy atom. The lowest BCUT2D eigenvalue weighted by Gasteiger charge is -2.17. The van der Waals surface area contributed by atoms with Gasteiger partial charge in [-0.3, -0.25) is 0 Å². The SMILES string of the molecule is CCCC(CCC)n1ccc(-c2ccnc3[nH]ccc23)c1. The van der Waals surface area contributed by atoms with E-state index in [-0.39, 0.29) is 0 Å². The summed E-state index contributed by atoms with van der Waals surface area (Å²) in [7, 11) is 0. The van der Waals surface area contributed by atoms with Gasteiger partial charge in [-0.1, -0.05) is 26.7 Å². The molecule has 3 heteroatoms. The van der Waals surface area contributed by atoms with E-state index in [1.165, 1.54) is 42.2 Å². The smallest absolute Gasteiger partial charge is 0.137 e. The van der Waals surface area contributed by atoms with Crippen molar-refractivity contribution >= 4 is 11.0 Å². The van der Waals surface area contributed by atoms with Gasteiger partial charge in [0.1, 0.15) is 5.65 Å². The maximum Gasteiger partial charge on any atom is 0.137 e. The van der Waals surface area contributed by atoms with Gasteiger partial charge in [-0.05, 0) is 36.6 Å². The topological polar surface area (TPSA) is 33.6 Å².